The number of fused-ring (bicyclic) bond motifs is 1. The summed E-state index contributed by atoms with van der Waals surface area (Å²) in [7, 11) is 1.78. The smallest absolute Gasteiger partial charge is 0.254 e. The predicted octanol–water partition coefficient (Wildman–Crippen LogP) is 3.71. The molecular formula is C15H14ClNO3S. The molecule has 0 saturated carbocycles. The van der Waals surface area contributed by atoms with Crippen molar-refractivity contribution in [1.82, 2.24) is 4.90 Å². The fourth-order valence-corrected chi connectivity index (χ4v) is 3.39. The van der Waals surface area contributed by atoms with Gasteiger partial charge in [-0.3, -0.25) is 4.79 Å². The molecule has 1 aliphatic heterocycles. The average molecular weight is 324 g/mol. The molecular weight excluding hydrogens is 310 g/mol. The summed E-state index contributed by atoms with van der Waals surface area (Å²) in [5, 5.41) is 2.43. The van der Waals surface area contributed by atoms with Crippen LogP contribution in [-0.2, 0) is 6.54 Å². The van der Waals surface area contributed by atoms with Crippen molar-refractivity contribution >= 4 is 28.8 Å². The molecule has 1 aromatic carbocycles. The zero-order valence-corrected chi connectivity index (χ0v) is 13.3. The molecule has 2 heterocycles. The normalized spacial score (nSPS) is 12.5. The summed E-state index contributed by atoms with van der Waals surface area (Å²) in [4.78, 5) is 15.4. The van der Waals surface area contributed by atoms with Gasteiger partial charge >= 0.3 is 0 Å². The van der Waals surface area contributed by atoms with Gasteiger partial charge < -0.3 is 14.4 Å². The van der Waals surface area contributed by atoms with E-state index in [1.165, 1.54) is 10.4 Å². The van der Waals surface area contributed by atoms with E-state index in [0.717, 1.165) is 0 Å². The third-order valence-corrected chi connectivity index (χ3v) is 4.66. The zero-order chi connectivity index (χ0) is 15.0. The van der Waals surface area contributed by atoms with E-state index in [1.54, 1.807) is 35.4 Å². The summed E-state index contributed by atoms with van der Waals surface area (Å²) >= 11 is 7.77. The SMILES string of the molecule is Cc1ccsc1CN(C)C(=O)c1cc(Cl)c2c(c1)OCO2. The van der Waals surface area contributed by atoms with E-state index in [4.69, 9.17) is 21.1 Å². The van der Waals surface area contributed by atoms with Gasteiger partial charge in [0.15, 0.2) is 11.5 Å². The van der Waals surface area contributed by atoms with E-state index in [1.807, 2.05) is 12.3 Å². The molecule has 1 aromatic heterocycles. The van der Waals surface area contributed by atoms with Gasteiger partial charge in [0.05, 0.1) is 11.6 Å². The van der Waals surface area contributed by atoms with Gasteiger partial charge in [0.1, 0.15) is 0 Å². The van der Waals surface area contributed by atoms with Gasteiger partial charge in [-0.1, -0.05) is 11.6 Å². The topological polar surface area (TPSA) is 38.8 Å². The molecule has 0 fully saturated rings. The van der Waals surface area contributed by atoms with Crippen LogP contribution >= 0.6 is 22.9 Å². The molecule has 21 heavy (non-hydrogen) atoms. The quantitative estimate of drug-likeness (QED) is 0.864. The third kappa shape index (κ3) is 2.71. The van der Waals surface area contributed by atoms with E-state index in [0.29, 0.717) is 28.6 Å². The number of hydrogen-bond donors (Lipinski definition) is 0. The number of hydrogen-bond acceptors (Lipinski definition) is 4. The van der Waals surface area contributed by atoms with Crippen LogP contribution in [0, 0.1) is 6.92 Å². The number of halogens is 1. The molecule has 1 amide bonds. The number of carbonyl (C=O) groups is 1. The van der Waals surface area contributed by atoms with Crippen LogP contribution in [0.1, 0.15) is 20.8 Å². The molecule has 0 unspecified atom stereocenters. The molecule has 0 saturated heterocycles. The first-order chi connectivity index (χ1) is 10.1. The Balaban J connectivity index is 1.82. The van der Waals surface area contributed by atoms with Crippen LogP contribution < -0.4 is 9.47 Å². The average Bonchev–Trinajstić information content (AvgIpc) is 3.07. The van der Waals surface area contributed by atoms with Crippen molar-refractivity contribution in [3.05, 3.63) is 44.6 Å². The Morgan fingerprint density at radius 1 is 1.43 bits per heavy atom. The second-order valence-corrected chi connectivity index (χ2v) is 6.29. The van der Waals surface area contributed by atoms with Crippen molar-refractivity contribution in [3.63, 3.8) is 0 Å². The third-order valence-electron chi connectivity index (χ3n) is 3.37. The van der Waals surface area contributed by atoms with E-state index in [-0.39, 0.29) is 12.7 Å². The van der Waals surface area contributed by atoms with Gasteiger partial charge in [-0.15, -0.1) is 11.3 Å². The van der Waals surface area contributed by atoms with E-state index < -0.39 is 0 Å². The first-order valence-corrected chi connectivity index (χ1v) is 7.69. The first kappa shape index (κ1) is 14.2. The molecule has 110 valence electrons. The highest BCUT2D eigenvalue weighted by Gasteiger charge is 2.22. The fourth-order valence-electron chi connectivity index (χ4n) is 2.16. The summed E-state index contributed by atoms with van der Waals surface area (Å²) in [5.74, 6) is 0.930. The fraction of sp³-hybridized carbons (Fsp3) is 0.267. The van der Waals surface area contributed by atoms with Crippen LogP contribution in [0.2, 0.25) is 5.02 Å². The highest BCUT2D eigenvalue weighted by Crippen LogP contribution is 2.40. The van der Waals surface area contributed by atoms with Crippen molar-refractivity contribution in [3.8, 4) is 11.5 Å². The molecule has 1 aliphatic rings. The molecule has 2 aromatic rings. The Bertz CT molecular complexity index is 698. The molecule has 6 heteroatoms. The molecule has 3 rings (SSSR count). The van der Waals surface area contributed by atoms with E-state index >= 15 is 0 Å². The van der Waals surface area contributed by atoms with Crippen LogP contribution in [0.3, 0.4) is 0 Å². The highest BCUT2D eigenvalue weighted by molar-refractivity contribution is 7.10. The van der Waals surface area contributed by atoms with Crippen LogP contribution in [0.15, 0.2) is 23.6 Å². The zero-order valence-electron chi connectivity index (χ0n) is 11.7. The lowest BCUT2D eigenvalue weighted by Gasteiger charge is -2.17. The van der Waals surface area contributed by atoms with Crippen molar-refractivity contribution in [2.45, 2.75) is 13.5 Å². The Morgan fingerprint density at radius 3 is 2.95 bits per heavy atom. The van der Waals surface area contributed by atoms with Crippen molar-refractivity contribution < 1.29 is 14.3 Å². The molecule has 0 N–H and O–H groups in total. The van der Waals surface area contributed by atoms with E-state index in [2.05, 4.69) is 6.07 Å². The predicted molar refractivity (Wildman–Crippen MR) is 82.4 cm³/mol. The number of amides is 1. The summed E-state index contributed by atoms with van der Waals surface area (Å²) in [5.41, 5.74) is 1.70. The number of benzene rings is 1. The monoisotopic (exact) mass is 323 g/mol. The second kappa shape index (κ2) is 5.58. The van der Waals surface area contributed by atoms with Gasteiger partial charge in [0.25, 0.3) is 5.91 Å². The van der Waals surface area contributed by atoms with Gasteiger partial charge in [0.2, 0.25) is 6.79 Å². The number of thiophene rings is 1. The van der Waals surface area contributed by atoms with Gasteiger partial charge in [0, 0.05) is 17.5 Å². The summed E-state index contributed by atoms with van der Waals surface area (Å²) < 4.78 is 10.5. The number of rotatable bonds is 3. The Kier molecular flexibility index (Phi) is 3.78. The van der Waals surface area contributed by atoms with Crippen molar-refractivity contribution in [1.29, 1.82) is 0 Å². The lowest BCUT2D eigenvalue weighted by Crippen LogP contribution is -2.26. The minimum Gasteiger partial charge on any atom is -0.454 e. The molecule has 0 spiro atoms. The molecule has 0 bridgehead atoms. The van der Waals surface area contributed by atoms with Gasteiger partial charge in [-0.2, -0.15) is 0 Å². The van der Waals surface area contributed by atoms with E-state index in [9.17, 15) is 4.79 Å². The first-order valence-electron chi connectivity index (χ1n) is 6.44. The van der Waals surface area contributed by atoms with Crippen LogP contribution in [-0.4, -0.2) is 24.6 Å². The second-order valence-electron chi connectivity index (χ2n) is 4.88. The largest absolute Gasteiger partial charge is 0.454 e. The van der Waals surface area contributed by atoms with Crippen molar-refractivity contribution in [2.75, 3.05) is 13.8 Å². The molecule has 0 atom stereocenters. The van der Waals surface area contributed by atoms with Crippen molar-refractivity contribution in [2.24, 2.45) is 0 Å². The maximum Gasteiger partial charge on any atom is 0.254 e. The standard InChI is InChI=1S/C15H14ClNO3S/c1-9-3-4-21-13(9)7-17(2)15(18)10-5-11(16)14-12(6-10)19-8-20-14/h3-6H,7-8H2,1-2H3. The lowest BCUT2D eigenvalue weighted by molar-refractivity contribution is 0.0786. The maximum absolute atomic E-state index is 12.5. The van der Waals surface area contributed by atoms with Crippen LogP contribution in [0.4, 0.5) is 0 Å². The van der Waals surface area contributed by atoms with Gasteiger partial charge in [-0.25, -0.2) is 0 Å². The highest BCUT2D eigenvalue weighted by atomic mass is 35.5. The summed E-state index contributed by atoms with van der Waals surface area (Å²) in [6, 6.07) is 5.35. The summed E-state index contributed by atoms with van der Waals surface area (Å²) in [6.45, 7) is 2.76. The Labute approximate surface area is 131 Å². The lowest BCUT2D eigenvalue weighted by atomic mass is 10.1. The Morgan fingerprint density at radius 2 is 2.24 bits per heavy atom. The molecule has 0 aliphatic carbocycles. The van der Waals surface area contributed by atoms with Crippen LogP contribution in [0.25, 0.3) is 0 Å². The molecule has 0 radical (unpaired) electrons. The number of ether oxygens (including phenoxy) is 2. The summed E-state index contributed by atoms with van der Waals surface area (Å²) in [6.07, 6.45) is 0. The maximum atomic E-state index is 12.5. The number of nitrogens with zero attached hydrogens (tertiary/aromatic N) is 1. The Hall–Kier alpha value is -1.72. The minimum atomic E-state index is -0.0944. The van der Waals surface area contributed by atoms with Gasteiger partial charge in [-0.05, 0) is 36.1 Å². The number of carbonyl (C=O) groups excluding carboxylic acids is 1. The minimum absolute atomic E-state index is 0.0944. The number of aryl methyl sites for hydroxylation is 1. The van der Waals surface area contributed by atoms with Crippen LogP contribution in [0.5, 0.6) is 11.5 Å². The molecule has 4 nitrogen and oxygen atoms in total.